The van der Waals surface area contributed by atoms with Gasteiger partial charge >= 0.3 is 6.03 Å². The molecule has 0 spiro atoms. The molecule has 1 aliphatic carbocycles. The van der Waals surface area contributed by atoms with Gasteiger partial charge in [-0.2, -0.15) is 0 Å². The van der Waals surface area contributed by atoms with E-state index in [4.69, 9.17) is 4.74 Å². The summed E-state index contributed by atoms with van der Waals surface area (Å²) in [5, 5.41) is 18.7. The van der Waals surface area contributed by atoms with Crippen molar-refractivity contribution in [2.24, 2.45) is 11.8 Å². The molecule has 2 fully saturated rings. The molecule has 36 heavy (non-hydrogen) atoms. The number of nitrogens with zero attached hydrogens (tertiary/aromatic N) is 1. The van der Waals surface area contributed by atoms with Crippen molar-refractivity contribution in [3.8, 4) is 0 Å². The number of carbonyl (C=O) groups is 1. The average molecular weight is 506 g/mol. The number of halogens is 1. The van der Waals surface area contributed by atoms with Crippen molar-refractivity contribution < 1.29 is 19.0 Å². The number of carbonyl (C=O) groups excluding carboxylic acids is 1. The summed E-state index contributed by atoms with van der Waals surface area (Å²) in [5.74, 6) is 0.228. The molecule has 0 aromatic heterocycles. The predicted molar refractivity (Wildman–Crippen MR) is 142 cm³/mol. The zero-order valence-electron chi connectivity index (χ0n) is 22.7. The third kappa shape index (κ3) is 7.65. The molecule has 2 unspecified atom stereocenters. The Bertz CT molecular complexity index is 817. The van der Waals surface area contributed by atoms with Crippen molar-refractivity contribution in [2.45, 2.75) is 89.2 Å². The first-order chi connectivity index (χ1) is 17.4. The van der Waals surface area contributed by atoms with Gasteiger partial charge in [-0.05, 0) is 75.6 Å². The number of nitrogens with one attached hydrogen (secondary N) is 2. The molecular weight excluding hydrogens is 457 g/mol. The number of aliphatic hydroxyl groups is 1. The Labute approximate surface area is 217 Å². The maximum atomic E-state index is 14.5. The molecule has 2 aliphatic rings. The summed E-state index contributed by atoms with van der Waals surface area (Å²) in [5.41, 5.74) is -0.0434. The summed E-state index contributed by atoms with van der Waals surface area (Å²) in [6, 6.07) is 5.02. The molecular formula is C29H48FN3O3. The summed E-state index contributed by atoms with van der Waals surface area (Å²) >= 11 is 0. The Morgan fingerprint density at radius 1 is 1.22 bits per heavy atom. The fourth-order valence-corrected chi connectivity index (χ4v) is 6.36. The molecule has 1 aromatic carbocycles. The van der Waals surface area contributed by atoms with Crippen molar-refractivity contribution in [3.63, 3.8) is 0 Å². The molecule has 7 heteroatoms. The van der Waals surface area contributed by atoms with E-state index in [1.54, 1.807) is 20.1 Å². The molecule has 0 radical (unpaired) electrons. The molecule has 6 nitrogen and oxygen atoms in total. The van der Waals surface area contributed by atoms with Gasteiger partial charge in [0, 0.05) is 45.3 Å². The second-order valence-electron chi connectivity index (χ2n) is 11.0. The normalized spacial score (nSPS) is 21.7. The number of amides is 2. The van der Waals surface area contributed by atoms with E-state index in [-0.39, 0.29) is 23.8 Å². The van der Waals surface area contributed by atoms with Crippen LogP contribution in [0.3, 0.4) is 0 Å². The van der Waals surface area contributed by atoms with E-state index in [2.05, 4.69) is 10.6 Å². The lowest BCUT2D eigenvalue weighted by Gasteiger charge is -2.43. The molecule has 0 bridgehead atoms. The highest BCUT2D eigenvalue weighted by Crippen LogP contribution is 2.41. The molecule has 1 aromatic rings. The van der Waals surface area contributed by atoms with Gasteiger partial charge in [0.05, 0.1) is 5.60 Å². The molecule has 2 amide bonds. The van der Waals surface area contributed by atoms with Gasteiger partial charge in [0.15, 0.2) is 0 Å². The largest absolute Gasteiger partial charge is 0.385 e. The maximum absolute atomic E-state index is 14.5. The van der Waals surface area contributed by atoms with Gasteiger partial charge < -0.3 is 25.4 Å². The number of rotatable bonds is 12. The maximum Gasteiger partial charge on any atom is 0.317 e. The van der Waals surface area contributed by atoms with E-state index < -0.39 is 5.60 Å². The standard InChI is InChI=1S/C29H48FN3O3/c1-22-26(14-9-15-27(22)30)29(35,16-7-8-18-36-3)24-13-10-17-33(21-24)28(34)32-25(20-31-2)19-23-11-5-4-6-12-23/h9,14-15,23-25,31,35H,4-8,10-13,16-21H2,1-3H3,(H,32,34)/t24?,25?,29-/m0/s1. The Hall–Kier alpha value is -1.70. The smallest absolute Gasteiger partial charge is 0.317 e. The van der Waals surface area contributed by atoms with E-state index >= 15 is 0 Å². The zero-order chi connectivity index (χ0) is 26.0. The number of methoxy groups -OCH3 is 1. The first kappa shape index (κ1) is 28.9. The highest BCUT2D eigenvalue weighted by atomic mass is 19.1. The van der Waals surface area contributed by atoms with Gasteiger partial charge in [-0.1, -0.05) is 44.2 Å². The van der Waals surface area contributed by atoms with Crippen LogP contribution < -0.4 is 10.6 Å². The highest BCUT2D eigenvalue weighted by molar-refractivity contribution is 5.74. The van der Waals surface area contributed by atoms with E-state index in [1.807, 2.05) is 18.0 Å². The number of likely N-dealkylation sites (N-methyl/N-ethyl adjacent to an activating group) is 1. The summed E-state index contributed by atoms with van der Waals surface area (Å²) < 4.78 is 19.7. The number of piperidine rings is 1. The molecule has 204 valence electrons. The van der Waals surface area contributed by atoms with Crippen molar-refractivity contribution in [1.29, 1.82) is 0 Å². The van der Waals surface area contributed by atoms with E-state index in [1.165, 1.54) is 38.2 Å². The second-order valence-corrected chi connectivity index (χ2v) is 11.0. The van der Waals surface area contributed by atoms with Crippen LogP contribution in [-0.2, 0) is 10.3 Å². The Morgan fingerprint density at radius 3 is 2.72 bits per heavy atom. The van der Waals surface area contributed by atoms with Crippen LogP contribution in [0.2, 0.25) is 0 Å². The molecule has 3 atom stereocenters. The Balaban J connectivity index is 1.72. The van der Waals surface area contributed by atoms with E-state index in [9.17, 15) is 14.3 Å². The van der Waals surface area contributed by atoms with Gasteiger partial charge in [-0.15, -0.1) is 0 Å². The fraction of sp³-hybridized carbons (Fsp3) is 0.759. The van der Waals surface area contributed by atoms with Crippen molar-refractivity contribution in [3.05, 3.63) is 35.1 Å². The van der Waals surface area contributed by atoms with E-state index in [0.29, 0.717) is 43.2 Å². The zero-order valence-corrected chi connectivity index (χ0v) is 22.7. The van der Waals surface area contributed by atoms with E-state index in [0.717, 1.165) is 38.6 Å². The third-order valence-electron chi connectivity index (χ3n) is 8.40. The van der Waals surface area contributed by atoms with Crippen molar-refractivity contribution in [1.82, 2.24) is 15.5 Å². The third-order valence-corrected chi connectivity index (χ3v) is 8.40. The lowest BCUT2D eigenvalue weighted by atomic mass is 9.73. The molecule has 1 aliphatic heterocycles. The summed E-state index contributed by atoms with van der Waals surface area (Å²) in [7, 11) is 3.61. The summed E-state index contributed by atoms with van der Waals surface area (Å²) in [4.78, 5) is 15.3. The van der Waals surface area contributed by atoms with Crippen LogP contribution in [0.15, 0.2) is 18.2 Å². The van der Waals surface area contributed by atoms with Crippen LogP contribution in [0.5, 0.6) is 0 Å². The second kappa shape index (κ2) is 14.3. The summed E-state index contributed by atoms with van der Waals surface area (Å²) in [6.45, 7) is 4.28. The number of hydrogen-bond acceptors (Lipinski definition) is 4. The minimum atomic E-state index is -1.19. The molecule has 3 rings (SSSR count). The number of likely N-dealkylation sites (tertiary alicyclic amines) is 1. The molecule has 1 saturated carbocycles. The lowest BCUT2D eigenvalue weighted by molar-refractivity contribution is -0.0570. The van der Waals surface area contributed by atoms with Gasteiger partial charge in [-0.3, -0.25) is 0 Å². The first-order valence-corrected chi connectivity index (χ1v) is 14.1. The van der Waals surface area contributed by atoms with Gasteiger partial charge in [0.2, 0.25) is 0 Å². The van der Waals surface area contributed by atoms with Crippen molar-refractivity contribution in [2.75, 3.05) is 40.4 Å². The fourth-order valence-electron chi connectivity index (χ4n) is 6.36. The van der Waals surface area contributed by atoms with Crippen LogP contribution in [-0.4, -0.2) is 62.5 Å². The topological polar surface area (TPSA) is 73.8 Å². The van der Waals surface area contributed by atoms with Gasteiger partial charge in [-0.25, -0.2) is 9.18 Å². The van der Waals surface area contributed by atoms with Crippen LogP contribution in [0.25, 0.3) is 0 Å². The van der Waals surface area contributed by atoms with Crippen LogP contribution in [0.1, 0.15) is 81.8 Å². The quantitative estimate of drug-likeness (QED) is 0.345. The lowest BCUT2D eigenvalue weighted by Crippen LogP contribution is -2.54. The molecule has 3 N–H and O–H groups in total. The monoisotopic (exact) mass is 505 g/mol. The van der Waals surface area contributed by atoms with Gasteiger partial charge in [0.1, 0.15) is 5.82 Å². The summed E-state index contributed by atoms with van der Waals surface area (Å²) in [6.07, 6.45) is 11.2. The first-order valence-electron chi connectivity index (χ1n) is 14.1. The van der Waals surface area contributed by atoms with Gasteiger partial charge in [0.25, 0.3) is 0 Å². The SMILES string of the molecule is CNCC(CC1CCCCC1)NC(=O)N1CCCC([C@@](O)(CCCCOC)c2cccc(F)c2C)C1. The number of hydrogen-bond donors (Lipinski definition) is 3. The van der Waals surface area contributed by atoms with Crippen LogP contribution in [0.4, 0.5) is 9.18 Å². The average Bonchev–Trinajstić information content (AvgIpc) is 2.89. The highest BCUT2D eigenvalue weighted by Gasteiger charge is 2.42. The number of urea groups is 1. The minimum absolute atomic E-state index is 0.0477. The number of benzene rings is 1. The van der Waals surface area contributed by atoms with Crippen molar-refractivity contribution >= 4 is 6.03 Å². The Kier molecular flexibility index (Phi) is 11.5. The van der Waals surface area contributed by atoms with Crippen LogP contribution in [0, 0.1) is 24.6 Å². The number of ether oxygens (including phenoxy) is 1. The predicted octanol–water partition coefficient (Wildman–Crippen LogP) is 5.12. The Morgan fingerprint density at radius 2 is 2.00 bits per heavy atom. The molecule has 1 saturated heterocycles. The minimum Gasteiger partial charge on any atom is -0.385 e. The number of unbranched alkanes of at least 4 members (excludes halogenated alkanes) is 1. The molecule has 1 heterocycles. The van der Waals surface area contributed by atoms with Crippen LogP contribution >= 0.6 is 0 Å².